The van der Waals surface area contributed by atoms with Crippen LogP contribution < -0.4 is 5.32 Å². The van der Waals surface area contributed by atoms with Crippen molar-refractivity contribution in [2.75, 3.05) is 26.4 Å². The lowest BCUT2D eigenvalue weighted by atomic mass is 10.0. The fourth-order valence-electron chi connectivity index (χ4n) is 2.70. The molecule has 0 aliphatic carbocycles. The number of ketones is 1. The Bertz CT molecular complexity index is 626. The molecule has 0 aromatic heterocycles. The van der Waals surface area contributed by atoms with Crippen molar-refractivity contribution in [3.63, 3.8) is 0 Å². The molecule has 9 nitrogen and oxygen atoms in total. The highest BCUT2D eigenvalue weighted by atomic mass is 16.7. The van der Waals surface area contributed by atoms with Crippen LogP contribution in [0.1, 0.15) is 12.5 Å². The molecule has 1 saturated heterocycles. The molecule has 0 radical (unpaired) electrons. The number of rotatable bonds is 10. The fraction of sp³-hybridized carbons (Fsp3) is 0.579. The van der Waals surface area contributed by atoms with Gasteiger partial charge in [-0.25, -0.2) is 0 Å². The van der Waals surface area contributed by atoms with Gasteiger partial charge in [-0.15, -0.1) is 0 Å². The second-order valence-corrected chi connectivity index (χ2v) is 6.59. The predicted octanol–water partition coefficient (Wildman–Crippen LogP) is -1.22. The largest absolute Gasteiger partial charge is 0.388 e. The lowest BCUT2D eigenvalue weighted by Crippen LogP contribution is -2.53. The van der Waals surface area contributed by atoms with E-state index in [1.807, 2.05) is 30.3 Å². The second-order valence-electron chi connectivity index (χ2n) is 6.59. The first-order chi connectivity index (χ1) is 13.4. The van der Waals surface area contributed by atoms with Crippen molar-refractivity contribution in [3.05, 3.63) is 35.9 Å². The standard InChI is InChI=1S/C19H27NO8/c1-12(21)14(9-13-5-3-2-4-6-13)20-16(23)11-26-7-8-27-19-18(25)17(24)15(22)10-28-19/h2-6,14-15,17-19,22,24-25H,7-11H2,1H3,(H,20,23)/t14-,15+,17-,18+,19+/m0/s1. The number of nitrogens with one attached hydrogen (secondary N) is 1. The van der Waals surface area contributed by atoms with Gasteiger partial charge in [-0.1, -0.05) is 30.3 Å². The van der Waals surface area contributed by atoms with Gasteiger partial charge in [0.1, 0.15) is 24.9 Å². The maximum atomic E-state index is 12.0. The number of hydrogen-bond donors (Lipinski definition) is 4. The first kappa shape index (κ1) is 22.4. The molecule has 1 heterocycles. The van der Waals surface area contributed by atoms with Gasteiger partial charge < -0.3 is 34.8 Å². The molecule has 1 aromatic rings. The van der Waals surface area contributed by atoms with Crippen LogP contribution in [0, 0.1) is 0 Å². The molecular weight excluding hydrogens is 370 g/mol. The summed E-state index contributed by atoms with van der Waals surface area (Å²) in [5, 5.41) is 31.3. The quantitative estimate of drug-likeness (QED) is 0.361. The molecule has 9 heteroatoms. The third-order valence-corrected chi connectivity index (χ3v) is 4.31. The number of benzene rings is 1. The molecule has 1 aliphatic rings. The van der Waals surface area contributed by atoms with E-state index in [2.05, 4.69) is 5.32 Å². The molecule has 0 unspecified atom stereocenters. The lowest BCUT2D eigenvalue weighted by Gasteiger charge is -2.34. The smallest absolute Gasteiger partial charge is 0.246 e. The van der Waals surface area contributed by atoms with Crippen LogP contribution in [0.4, 0.5) is 0 Å². The molecule has 5 atom stereocenters. The maximum absolute atomic E-state index is 12.0. The minimum absolute atomic E-state index is 0.0119. The molecule has 2 rings (SSSR count). The average Bonchev–Trinajstić information content (AvgIpc) is 2.67. The molecule has 0 saturated carbocycles. The van der Waals surface area contributed by atoms with E-state index in [0.29, 0.717) is 6.42 Å². The number of Topliss-reactive ketones (excluding diaryl/α,β-unsaturated/α-hetero) is 1. The number of aliphatic hydroxyl groups is 3. The average molecular weight is 397 g/mol. The fourth-order valence-corrected chi connectivity index (χ4v) is 2.70. The van der Waals surface area contributed by atoms with Gasteiger partial charge in [-0.2, -0.15) is 0 Å². The Labute approximate surface area is 163 Å². The number of hydrogen-bond acceptors (Lipinski definition) is 8. The molecular formula is C19H27NO8. The lowest BCUT2D eigenvalue weighted by molar-refractivity contribution is -0.271. The first-order valence-corrected chi connectivity index (χ1v) is 9.07. The van der Waals surface area contributed by atoms with Crippen molar-refractivity contribution in [1.29, 1.82) is 0 Å². The highest BCUT2D eigenvalue weighted by molar-refractivity contribution is 5.88. The first-order valence-electron chi connectivity index (χ1n) is 9.07. The highest BCUT2D eigenvalue weighted by Crippen LogP contribution is 2.16. The molecule has 4 N–H and O–H groups in total. The van der Waals surface area contributed by atoms with Gasteiger partial charge in [0, 0.05) is 0 Å². The van der Waals surface area contributed by atoms with Crippen molar-refractivity contribution >= 4 is 11.7 Å². The molecule has 1 aromatic carbocycles. The minimum atomic E-state index is -1.37. The van der Waals surface area contributed by atoms with Crippen LogP contribution >= 0.6 is 0 Å². The Kier molecular flexibility index (Phi) is 8.97. The summed E-state index contributed by atoms with van der Waals surface area (Å²) in [5.74, 6) is -0.576. The summed E-state index contributed by atoms with van der Waals surface area (Å²) < 4.78 is 15.5. The Morgan fingerprint density at radius 3 is 2.57 bits per heavy atom. The van der Waals surface area contributed by atoms with Crippen molar-refractivity contribution in [3.8, 4) is 0 Å². The summed E-state index contributed by atoms with van der Waals surface area (Å²) in [7, 11) is 0. The zero-order valence-corrected chi connectivity index (χ0v) is 15.7. The number of aliphatic hydroxyl groups excluding tert-OH is 3. The maximum Gasteiger partial charge on any atom is 0.246 e. The third kappa shape index (κ3) is 6.93. The van der Waals surface area contributed by atoms with E-state index in [0.717, 1.165) is 5.56 Å². The summed E-state index contributed by atoms with van der Waals surface area (Å²) >= 11 is 0. The Balaban J connectivity index is 1.65. The van der Waals surface area contributed by atoms with Gasteiger partial charge in [0.15, 0.2) is 12.1 Å². The summed E-state index contributed by atoms with van der Waals surface area (Å²) in [6.45, 7) is 1.07. The van der Waals surface area contributed by atoms with E-state index in [1.165, 1.54) is 6.92 Å². The van der Waals surface area contributed by atoms with E-state index in [-0.39, 0.29) is 32.2 Å². The summed E-state index contributed by atoms with van der Waals surface area (Å²) in [6.07, 6.45) is -4.57. The monoisotopic (exact) mass is 397 g/mol. The molecule has 0 spiro atoms. The van der Waals surface area contributed by atoms with Crippen LogP contribution in [0.2, 0.25) is 0 Å². The van der Waals surface area contributed by atoms with Crippen LogP contribution in [0.15, 0.2) is 30.3 Å². The van der Waals surface area contributed by atoms with Gasteiger partial charge >= 0.3 is 0 Å². The number of ether oxygens (including phenoxy) is 3. The van der Waals surface area contributed by atoms with Crippen molar-refractivity contribution in [2.45, 2.75) is 44.0 Å². The van der Waals surface area contributed by atoms with Gasteiger partial charge in [0.05, 0.1) is 25.9 Å². The van der Waals surface area contributed by atoms with Crippen LogP contribution in [0.5, 0.6) is 0 Å². The zero-order valence-electron chi connectivity index (χ0n) is 15.7. The Hall–Kier alpha value is -1.88. The van der Waals surface area contributed by atoms with E-state index >= 15 is 0 Å². The van der Waals surface area contributed by atoms with E-state index in [4.69, 9.17) is 14.2 Å². The van der Waals surface area contributed by atoms with Crippen LogP contribution in [-0.4, -0.2) is 84.1 Å². The SMILES string of the molecule is CC(=O)[C@H](Cc1ccccc1)NC(=O)COCCO[C@@H]1OC[C@@H](O)[C@H](O)[C@H]1O. The topological polar surface area (TPSA) is 135 Å². The van der Waals surface area contributed by atoms with Gasteiger partial charge in [-0.05, 0) is 18.9 Å². The molecule has 1 fully saturated rings. The van der Waals surface area contributed by atoms with E-state index in [1.54, 1.807) is 0 Å². The number of carbonyl (C=O) groups excluding carboxylic acids is 2. The van der Waals surface area contributed by atoms with E-state index < -0.39 is 36.6 Å². The Morgan fingerprint density at radius 1 is 1.18 bits per heavy atom. The van der Waals surface area contributed by atoms with Crippen LogP contribution in [-0.2, 0) is 30.2 Å². The second kappa shape index (κ2) is 11.2. The van der Waals surface area contributed by atoms with Crippen LogP contribution in [0.25, 0.3) is 0 Å². The predicted molar refractivity (Wildman–Crippen MR) is 97.3 cm³/mol. The molecule has 156 valence electrons. The molecule has 1 aliphatic heterocycles. The molecule has 1 amide bonds. The van der Waals surface area contributed by atoms with E-state index in [9.17, 15) is 24.9 Å². The highest BCUT2D eigenvalue weighted by Gasteiger charge is 2.38. The minimum Gasteiger partial charge on any atom is -0.388 e. The number of amides is 1. The van der Waals surface area contributed by atoms with Crippen molar-refractivity contribution in [1.82, 2.24) is 5.32 Å². The Morgan fingerprint density at radius 2 is 1.89 bits per heavy atom. The normalized spacial score (nSPS) is 25.9. The molecule has 28 heavy (non-hydrogen) atoms. The summed E-state index contributed by atoms with van der Waals surface area (Å²) in [4.78, 5) is 23.8. The number of carbonyl (C=O) groups is 2. The van der Waals surface area contributed by atoms with Crippen molar-refractivity contribution < 1.29 is 39.1 Å². The van der Waals surface area contributed by atoms with Crippen LogP contribution in [0.3, 0.4) is 0 Å². The third-order valence-electron chi connectivity index (χ3n) is 4.31. The zero-order chi connectivity index (χ0) is 20.5. The van der Waals surface area contributed by atoms with Gasteiger partial charge in [0.25, 0.3) is 0 Å². The summed E-state index contributed by atoms with van der Waals surface area (Å²) in [5.41, 5.74) is 0.940. The molecule has 0 bridgehead atoms. The van der Waals surface area contributed by atoms with Gasteiger partial charge in [0.2, 0.25) is 5.91 Å². The van der Waals surface area contributed by atoms with Gasteiger partial charge in [-0.3, -0.25) is 9.59 Å². The van der Waals surface area contributed by atoms with Crippen molar-refractivity contribution in [2.24, 2.45) is 0 Å². The summed E-state index contributed by atoms with van der Waals surface area (Å²) in [6, 6.07) is 8.74.